The Hall–Kier alpha value is -0.610. The van der Waals surface area contributed by atoms with E-state index in [0.717, 1.165) is 12.8 Å². The van der Waals surface area contributed by atoms with Gasteiger partial charge in [0.15, 0.2) is 0 Å². The number of carbonyl (C=O) groups is 1. The Morgan fingerprint density at radius 2 is 1.38 bits per heavy atom. The Labute approximate surface area is 149 Å². The number of aliphatic hydroxyl groups excluding tert-OH is 1. The van der Waals surface area contributed by atoms with Crippen molar-refractivity contribution in [1.29, 1.82) is 0 Å². The number of unbranched alkanes of at least 4 members (excludes halogenated alkanes) is 10. The molecule has 0 aromatic heterocycles. The van der Waals surface area contributed by atoms with Crippen molar-refractivity contribution in [3.05, 3.63) is 0 Å². The molecule has 1 atom stereocenters. The Morgan fingerprint density at radius 3 is 1.83 bits per heavy atom. The summed E-state index contributed by atoms with van der Waals surface area (Å²) in [4.78, 5) is 10.5. The van der Waals surface area contributed by atoms with Crippen molar-refractivity contribution < 1.29 is 19.5 Å². The molecule has 0 aliphatic rings. The number of aliphatic hydroxyl groups is 1. The fraction of sp³-hybridized carbons (Fsp3) is 0.950. The Bertz CT molecular complexity index is 305. The maximum atomic E-state index is 10.5. The van der Waals surface area contributed by atoms with E-state index in [9.17, 15) is 15.0 Å². The zero-order valence-corrected chi connectivity index (χ0v) is 16.4. The van der Waals surface area contributed by atoms with E-state index in [1.807, 2.05) is 14.1 Å². The third kappa shape index (κ3) is 16.3. The lowest BCUT2D eigenvalue weighted by Crippen LogP contribution is -2.47. The van der Waals surface area contributed by atoms with Crippen LogP contribution >= 0.6 is 0 Å². The molecule has 24 heavy (non-hydrogen) atoms. The molecule has 0 saturated carbocycles. The van der Waals surface area contributed by atoms with E-state index in [1.165, 1.54) is 64.2 Å². The van der Waals surface area contributed by atoms with Crippen molar-refractivity contribution in [1.82, 2.24) is 0 Å². The zero-order valence-electron chi connectivity index (χ0n) is 16.4. The number of likely N-dealkylation sites (N-methyl/N-ethyl adjacent to an activating group) is 1. The molecule has 4 nitrogen and oxygen atoms in total. The van der Waals surface area contributed by atoms with Crippen LogP contribution in [0.25, 0.3) is 0 Å². The van der Waals surface area contributed by atoms with Gasteiger partial charge in [0, 0.05) is 12.4 Å². The molecular formula is C20H41NO3. The van der Waals surface area contributed by atoms with Gasteiger partial charge in [-0.05, 0) is 6.42 Å². The molecule has 144 valence electrons. The molecule has 4 heteroatoms. The molecule has 0 aliphatic carbocycles. The smallest absolute Gasteiger partial charge is 0.105 e. The van der Waals surface area contributed by atoms with Crippen molar-refractivity contribution >= 4 is 5.97 Å². The highest BCUT2D eigenvalue weighted by molar-refractivity contribution is 5.64. The number of nitrogens with zero attached hydrogens (tertiary/aromatic N) is 1. The van der Waals surface area contributed by atoms with Gasteiger partial charge in [-0.1, -0.05) is 77.6 Å². The second kappa shape index (κ2) is 14.7. The second-order valence-electron chi connectivity index (χ2n) is 7.94. The highest BCUT2D eigenvalue weighted by atomic mass is 16.4. The molecule has 0 aromatic carbocycles. The van der Waals surface area contributed by atoms with Gasteiger partial charge < -0.3 is 19.5 Å². The third-order valence-corrected chi connectivity index (χ3v) is 4.77. The number of carboxylic acid groups (broad SMARTS) is 1. The first kappa shape index (κ1) is 23.4. The summed E-state index contributed by atoms with van der Waals surface area (Å²) in [7, 11) is 3.93. The van der Waals surface area contributed by atoms with Gasteiger partial charge in [-0.3, -0.25) is 0 Å². The lowest BCUT2D eigenvalue weighted by Gasteiger charge is -2.32. The van der Waals surface area contributed by atoms with Crippen LogP contribution in [0.15, 0.2) is 0 Å². The molecule has 0 fully saturated rings. The topological polar surface area (TPSA) is 60.4 Å². The van der Waals surface area contributed by atoms with E-state index in [0.29, 0.717) is 17.6 Å². The van der Waals surface area contributed by atoms with Gasteiger partial charge in [0.2, 0.25) is 0 Å². The number of carbonyl (C=O) groups excluding carboxylic acids is 1. The average molecular weight is 344 g/mol. The number of aliphatic carboxylic acids is 1. The van der Waals surface area contributed by atoms with Crippen LogP contribution in [0.1, 0.15) is 90.4 Å². The molecule has 0 spiro atoms. The van der Waals surface area contributed by atoms with Crippen molar-refractivity contribution in [2.45, 2.75) is 96.5 Å². The first-order chi connectivity index (χ1) is 11.4. The number of hydrogen-bond donors (Lipinski definition) is 1. The molecule has 1 unspecified atom stereocenters. The summed E-state index contributed by atoms with van der Waals surface area (Å²) < 4.78 is 0.535. The van der Waals surface area contributed by atoms with Crippen LogP contribution in [-0.4, -0.2) is 48.8 Å². The summed E-state index contributed by atoms with van der Waals surface area (Å²) in [5.41, 5.74) is 0. The lowest BCUT2D eigenvalue weighted by molar-refractivity contribution is -0.893. The number of hydrogen-bond acceptors (Lipinski definition) is 3. The predicted molar refractivity (Wildman–Crippen MR) is 98.6 cm³/mol. The number of carboxylic acids is 1. The molecule has 1 N–H and O–H groups in total. The molecule has 0 aliphatic heterocycles. The highest BCUT2D eigenvalue weighted by Gasteiger charge is 2.19. The molecule has 0 radical (unpaired) electrons. The van der Waals surface area contributed by atoms with Gasteiger partial charge in [-0.15, -0.1) is 0 Å². The molecule has 0 aromatic rings. The summed E-state index contributed by atoms with van der Waals surface area (Å²) >= 11 is 0. The summed E-state index contributed by atoms with van der Waals surface area (Å²) in [6.07, 6.45) is 15.0. The van der Waals surface area contributed by atoms with Crippen molar-refractivity contribution in [3.63, 3.8) is 0 Å². The number of quaternary nitrogens is 1. The van der Waals surface area contributed by atoms with Crippen LogP contribution < -0.4 is 5.11 Å². The van der Waals surface area contributed by atoms with Crippen molar-refractivity contribution in [2.75, 3.05) is 27.2 Å². The second-order valence-corrected chi connectivity index (χ2v) is 7.94. The van der Waals surface area contributed by atoms with E-state index < -0.39 is 5.97 Å². The third-order valence-electron chi connectivity index (χ3n) is 4.77. The normalized spacial score (nSPS) is 13.2. The zero-order chi connectivity index (χ0) is 18.3. The predicted octanol–water partition coefficient (Wildman–Crippen LogP) is 3.26. The van der Waals surface area contributed by atoms with Crippen LogP contribution in [0.5, 0.6) is 0 Å². The first-order valence-electron chi connectivity index (χ1n) is 10.1. The quantitative estimate of drug-likeness (QED) is 0.326. The maximum Gasteiger partial charge on any atom is 0.105 e. The molecule has 0 amide bonds. The molecule has 0 saturated heterocycles. The fourth-order valence-electron chi connectivity index (χ4n) is 3.19. The summed E-state index contributed by atoms with van der Waals surface area (Å²) in [6.45, 7) is 3.38. The van der Waals surface area contributed by atoms with Gasteiger partial charge >= 0.3 is 0 Å². The number of rotatable bonds is 17. The Balaban J connectivity index is 3.45. The highest BCUT2D eigenvalue weighted by Crippen LogP contribution is 2.13. The first-order valence-corrected chi connectivity index (χ1v) is 10.1. The van der Waals surface area contributed by atoms with Crippen molar-refractivity contribution in [3.8, 4) is 0 Å². The molecular weight excluding hydrogens is 302 g/mol. The average Bonchev–Trinajstić information content (AvgIpc) is 2.50. The van der Waals surface area contributed by atoms with E-state index in [1.54, 1.807) is 0 Å². The van der Waals surface area contributed by atoms with Gasteiger partial charge in [0.1, 0.15) is 12.6 Å². The van der Waals surface area contributed by atoms with Gasteiger partial charge in [-0.2, -0.15) is 0 Å². The summed E-state index contributed by atoms with van der Waals surface area (Å²) in [5, 5.41) is 20.6. The van der Waals surface area contributed by atoms with Crippen molar-refractivity contribution in [2.24, 2.45) is 0 Å². The van der Waals surface area contributed by atoms with Crippen LogP contribution in [0, 0.1) is 0 Å². The Morgan fingerprint density at radius 1 is 0.917 bits per heavy atom. The minimum Gasteiger partial charge on any atom is -0.550 e. The lowest BCUT2D eigenvalue weighted by atomic mass is 10.0. The minimum absolute atomic E-state index is 0.0537. The largest absolute Gasteiger partial charge is 0.550 e. The van der Waals surface area contributed by atoms with E-state index >= 15 is 0 Å². The van der Waals surface area contributed by atoms with Crippen LogP contribution in [0.2, 0.25) is 0 Å². The van der Waals surface area contributed by atoms with Crippen LogP contribution in [0.3, 0.4) is 0 Å². The van der Waals surface area contributed by atoms with E-state index in [2.05, 4.69) is 6.92 Å². The molecule has 0 bridgehead atoms. The summed E-state index contributed by atoms with van der Waals surface area (Å²) in [5.74, 6) is -1.01. The van der Waals surface area contributed by atoms with E-state index in [4.69, 9.17) is 0 Å². The van der Waals surface area contributed by atoms with Crippen LogP contribution in [0.4, 0.5) is 0 Å². The van der Waals surface area contributed by atoms with Crippen LogP contribution in [-0.2, 0) is 4.79 Å². The van der Waals surface area contributed by atoms with Gasteiger partial charge in [0.25, 0.3) is 0 Å². The fourth-order valence-corrected chi connectivity index (χ4v) is 3.19. The van der Waals surface area contributed by atoms with Gasteiger partial charge in [-0.25, -0.2) is 0 Å². The SMILES string of the molecule is CCCCCCCCCCCCCC(O)C[N+](C)(C)CCC(=O)[O-]. The van der Waals surface area contributed by atoms with Gasteiger partial charge in [0.05, 0.1) is 20.6 Å². The molecule has 0 rings (SSSR count). The van der Waals surface area contributed by atoms with E-state index in [-0.39, 0.29) is 12.5 Å². The Kier molecular flexibility index (Phi) is 14.3. The standard InChI is InChI=1S/C20H41NO3/c1-4-5-6-7-8-9-10-11-12-13-14-15-19(22)18-21(2,3)17-16-20(23)24/h19,22H,4-18H2,1-3H3. The summed E-state index contributed by atoms with van der Waals surface area (Å²) in [6, 6.07) is 0. The minimum atomic E-state index is -1.01. The monoisotopic (exact) mass is 343 g/mol. The molecule has 0 heterocycles. The maximum absolute atomic E-state index is 10.5.